The summed E-state index contributed by atoms with van der Waals surface area (Å²) in [4.78, 5) is 28.3. The maximum absolute atomic E-state index is 13.3. The van der Waals surface area contributed by atoms with Crippen molar-refractivity contribution < 1.29 is 9.90 Å². The molecule has 2 aromatic carbocycles. The average Bonchev–Trinajstić information content (AvgIpc) is 3.49. The molecule has 1 N–H and O–H groups in total. The Kier molecular flexibility index (Phi) is 5.52. The van der Waals surface area contributed by atoms with Crippen molar-refractivity contribution in [1.82, 2.24) is 14.0 Å². The summed E-state index contributed by atoms with van der Waals surface area (Å²) in [6.45, 7) is 2.60. The highest BCUT2D eigenvalue weighted by atomic mass is 127. The smallest absolute Gasteiger partial charge is 0.336 e. The molecule has 0 radical (unpaired) electrons. The number of carbonyl (C=O) groups excluding carboxylic acids is 1. The minimum Gasteiger partial charge on any atom is -0.493 e. The van der Waals surface area contributed by atoms with Gasteiger partial charge in [-0.15, -0.1) is 0 Å². The molecule has 2 atom stereocenters. The Morgan fingerprint density at radius 3 is 2.67 bits per heavy atom. The monoisotopic (exact) mass is 554 g/mol. The summed E-state index contributed by atoms with van der Waals surface area (Å²) in [7, 11) is 0. The molecule has 0 aliphatic carbocycles. The molecule has 0 spiro atoms. The van der Waals surface area contributed by atoms with Gasteiger partial charge in [-0.1, -0.05) is 25.5 Å². The van der Waals surface area contributed by atoms with Crippen LogP contribution in [0.1, 0.15) is 65.4 Å². The Bertz CT molecular complexity index is 1350. The molecule has 2 aliphatic rings. The highest BCUT2D eigenvalue weighted by Crippen LogP contribution is 2.49. The second kappa shape index (κ2) is 8.37. The highest BCUT2D eigenvalue weighted by molar-refractivity contribution is 14.1. The van der Waals surface area contributed by atoms with E-state index >= 15 is 0 Å². The number of halogens is 1. The Morgan fingerprint density at radius 1 is 1.24 bits per heavy atom. The lowest BCUT2D eigenvalue weighted by atomic mass is 10.1. The van der Waals surface area contributed by atoms with Crippen molar-refractivity contribution in [2.75, 3.05) is 6.54 Å². The number of fused-ring (bicyclic) bond motifs is 5. The Hall–Kier alpha value is -3.06. The fraction of sp³-hybridized carbons (Fsp3) is 0.320. The number of hydrogen-bond acceptors (Lipinski definition) is 4. The van der Waals surface area contributed by atoms with Gasteiger partial charge >= 0.3 is 5.69 Å². The molecule has 0 saturated carbocycles. The molecule has 2 aliphatic heterocycles. The van der Waals surface area contributed by atoms with Gasteiger partial charge in [-0.05, 0) is 77.7 Å². The van der Waals surface area contributed by atoms with E-state index in [1.807, 2.05) is 46.9 Å². The molecule has 1 saturated heterocycles. The molecule has 3 aromatic rings. The summed E-state index contributed by atoms with van der Waals surface area (Å²) in [6.07, 6.45) is 3.88. The summed E-state index contributed by atoms with van der Waals surface area (Å²) in [5.41, 5.74) is 3.03. The van der Waals surface area contributed by atoms with E-state index in [1.54, 1.807) is 27.7 Å². The second-order valence-electron chi connectivity index (χ2n) is 8.64. The molecule has 168 valence electrons. The van der Waals surface area contributed by atoms with Crippen molar-refractivity contribution in [3.05, 3.63) is 78.9 Å². The van der Waals surface area contributed by atoms with Crippen LogP contribution in [0.15, 0.2) is 47.3 Å². The van der Waals surface area contributed by atoms with Gasteiger partial charge in [0, 0.05) is 15.7 Å². The number of likely N-dealkylation sites (tertiary alicyclic amines) is 1. The molecule has 8 heteroatoms. The summed E-state index contributed by atoms with van der Waals surface area (Å²) < 4.78 is 3.60. The first kappa shape index (κ1) is 21.8. The first-order chi connectivity index (χ1) is 15.9. The number of amides is 1. The zero-order valence-corrected chi connectivity index (χ0v) is 20.3. The molecule has 2 bridgehead atoms. The molecular formula is C25H23IN4O3. The van der Waals surface area contributed by atoms with Crippen LogP contribution in [-0.4, -0.2) is 31.6 Å². The van der Waals surface area contributed by atoms with Crippen molar-refractivity contribution in [3.8, 4) is 17.6 Å². The summed E-state index contributed by atoms with van der Waals surface area (Å²) in [5.74, 6) is -0.219. The number of benzene rings is 2. The van der Waals surface area contributed by atoms with Crippen LogP contribution in [0.25, 0.3) is 5.69 Å². The Balaban J connectivity index is 1.46. The lowest BCUT2D eigenvalue weighted by Gasteiger charge is -2.27. The SMILES string of the molecule is CCCCc1ccc(C(=O)N2C[C@@H]3C[C@H]2c2c(O)n(-c4ccc(C#N)c(I)c4)c(=O)n23)cc1. The quantitative estimate of drug-likeness (QED) is 0.477. The largest absolute Gasteiger partial charge is 0.493 e. The van der Waals surface area contributed by atoms with Crippen LogP contribution in [0, 0.1) is 14.9 Å². The second-order valence-corrected chi connectivity index (χ2v) is 9.80. The zero-order valence-electron chi connectivity index (χ0n) is 18.2. The number of imidazole rings is 1. The third kappa shape index (κ3) is 3.46. The maximum atomic E-state index is 13.3. The van der Waals surface area contributed by atoms with Crippen LogP contribution in [0.3, 0.4) is 0 Å². The number of nitrogens with zero attached hydrogens (tertiary/aromatic N) is 4. The van der Waals surface area contributed by atoms with Crippen LogP contribution in [0.5, 0.6) is 5.88 Å². The van der Waals surface area contributed by atoms with Gasteiger partial charge in [0.15, 0.2) is 0 Å². The van der Waals surface area contributed by atoms with Gasteiger partial charge in [0.1, 0.15) is 11.8 Å². The molecule has 0 unspecified atom stereocenters. The first-order valence-electron chi connectivity index (χ1n) is 11.1. The normalized spacial score (nSPS) is 18.4. The Labute approximate surface area is 205 Å². The summed E-state index contributed by atoms with van der Waals surface area (Å²) >= 11 is 2.04. The van der Waals surface area contributed by atoms with Gasteiger partial charge in [0.25, 0.3) is 5.91 Å². The molecule has 1 amide bonds. The lowest BCUT2D eigenvalue weighted by Crippen LogP contribution is -2.37. The number of carbonyl (C=O) groups is 1. The number of rotatable bonds is 5. The van der Waals surface area contributed by atoms with Gasteiger partial charge < -0.3 is 10.0 Å². The van der Waals surface area contributed by atoms with E-state index in [0.29, 0.717) is 39.0 Å². The Morgan fingerprint density at radius 2 is 2.00 bits per heavy atom. The molecule has 3 heterocycles. The molecular weight excluding hydrogens is 531 g/mol. The molecule has 1 fully saturated rings. The van der Waals surface area contributed by atoms with Crippen LogP contribution in [-0.2, 0) is 6.42 Å². The highest BCUT2D eigenvalue weighted by Gasteiger charge is 2.49. The van der Waals surface area contributed by atoms with Crippen LogP contribution < -0.4 is 5.69 Å². The van der Waals surface area contributed by atoms with Crippen molar-refractivity contribution in [2.45, 2.75) is 44.7 Å². The van der Waals surface area contributed by atoms with Gasteiger partial charge in [-0.2, -0.15) is 5.26 Å². The number of nitriles is 1. The zero-order chi connectivity index (χ0) is 23.3. The molecule has 1 aromatic heterocycles. The van der Waals surface area contributed by atoms with Gasteiger partial charge in [0.2, 0.25) is 5.88 Å². The van der Waals surface area contributed by atoms with Crippen molar-refractivity contribution in [3.63, 3.8) is 0 Å². The molecule has 33 heavy (non-hydrogen) atoms. The minimum absolute atomic E-state index is 0.0803. The summed E-state index contributed by atoms with van der Waals surface area (Å²) in [6, 6.07) is 14.4. The third-order valence-electron chi connectivity index (χ3n) is 6.67. The van der Waals surface area contributed by atoms with Crippen LogP contribution in [0.2, 0.25) is 0 Å². The standard InChI is InChI=1S/C25H23IN4O3/c1-2-3-4-15-5-7-16(8-6-15)23(31)28-14-19-12-21(28)22-24(32)30(25(33)29(19)22)18-10-9-17(13-27)20(26)11-18/h5-11,19,21,32H,2-4,12,14H2,1H3/t19-,21-/m0/s1. The first-order valence-corrected chi connectivity index (χ1v) is 12.2. The van der Waals surface area contributed by atoms with Crippen LogP contribution in [0.4, 0.5) is 0 Å². The summed E-state index contributed by atoms with van der Waals surface area (Å²) in [5, 5.41) is 20.2. The van der Waals surface area contributed by atoms with E-state index in [4.69, 9.17) is 0 Å². The number of hydrogen-bond donors (Lipinski definition) is 1. The van der Waals surface area contributed by atoms with E-state index in [2.05, 4.69) is 13.0 Å². The van der Waals surface area contributed by atoms with Crippen molar-refractivity contribution >= 4 is 28.5 Å². The maximum Gasteiger partial charge on any atom is 0.336 e. The number of unbranched alkanes of at least 4 members (excludes halogenated alkanes) is 1. The number of aromatic nitrogens is 2. The van der Waals surface area contributed by atoms with Gasteiger partial charge in [-0.3, -0.25) is 9.36 Å². The van der Waals surface area contributed by atoms with Gasteiger partial charge in [-0.25, -0.2) is 9.36 Å². The third-order valence-corrected chi connectivity index (χ3v) is 7.56. The van der Waals surface area contributed by atoms with Crippen molar-refractivity contribution in [1.29, 1.82) is 5.26 Å². The average molecular weight is 554 g/mol. The van der Waals surface area contributed by atoms with Crippen LogP contribution >= 0.6 is 22.6 Å². The predicted octanol–water partition coefficient (Wildman–Crippen LogP) is 4.31. The van der Waals surface area contributed by atoms with E-state index in [-0.39, 0.29) is 29.6 Å². The lowest BCUT2D eigenvalue weighted by molar-refractivity contribution is 0.0711. The number of aryl methyl sites for hydroxylation is 1. The van der Waals surface area contributed by atoms with E-state index in [0.717, 1.165) is 19.3 Å². The van der Waals surface area contributed by atoms with E-state index < -0.39 is 0 Å². The minimum atomic E-state index is -0.339. The fourth-order valence-corrected chi connectivity index (χ4v) is 5.62. The topological polar surface area (TPSA) is 91.3 Å². The fourth-order valence-electron chi connectivity index (χ4n) is 5.00. The number of aromatic hydroxyl groups is 1. The van der Waals surface area contributed by atoms with E-state index in [9.17, 15) is 20.0 Å². The predicted molar refractivity (Wildman–Crippen MR) is 132 cm³/mol. The molecule has 7 nitrogen and oxygen atoms in total. The van der Waals surface area contributed by atoms with Gasteiger partial charge in [0.05, 0.1) is 23.3 Å². The molecule has 5 rings (SSSR count). The van der Waals surface area contributed by atoms with Crippen molar-refractivity contribution in [2.24, 2.45) is 0 Å². The van der Waals surface area contributed by atoms with E-state index in [1.165, 1.54) is 10.1 Å².